The second-order valence-electron chi connectivity index (χ2n) is 6.87. The van der Waals surface area contributed by atoms with Crippen LogP contribution in [0, 0.1) is 13.8 Å². The number of aryl methyl sites for hydroxylation is 2. The monoisotopic (exact) mass is 365 g/mol. The van der Waals surface area contributed by atoms with Gasteiger partial charge in [-0.05, 0) is 50.1 Å². The van der Waals surface area contributed by atoms with Gasteiger partial charge in [0.15, 0.2) is 0 Å². The molecule has 1 atom stereocenters. The standard InChI is InChI=1S/C22H27N3O2/c1-5-21(26)23-17(4)22-24-18-8-6-7-9-19(18)25(22)12-13-27-20-14-15(2)10-11-16(20)3/h6-11,14,17H,5,12-13H2,1-4H3,(H,23,26). The summed E-state index contributed by atoms with van der Waals surface area (Å²) in [5.41, 5.74) is 4.28. The van der Waals surface area contributed by atoms with Crippen molar-refractivity contribution in [2.75, 3.05) is 6.61 Å². The van der Waals surface area contributed by atoms with E-state index in [1.54, 1.807) is 0 Å². The summed E-state index contributed by atoms with van der Waals surface area (Å²) >= 11 is 0. The molecule has 3 aromatic rings. The summed E-state index contributed by atoms with van der Waals surface area (Å²) in [6.45, 7) is 9.13. The van der Waals surface area contributed by atoms with Crippen LogP contribution in [-0.2, 0) is 11.3 Å². The number of hydrogen-bond acceptors (Lipinski definition) is 3. The lowest BCUT2D eigenvalue weighted by molar-refractivity contribution is -0.121. The Bertz CT molecular complexity index is 946. The van der Waals surface area contributed by atoms with Crippen molar-refractivity contribution in [1.29, 1.82) is 0 Å². The Morgan fingerprint density at radius 1 is 1.22 bits per heavy atom. The zero-order valence-corrected chi connectivity index (χ0v) is 16.5. The average molecular weight is 365 g/mol. The van der Waals surface area contributed by atoms with Crippen LogP contribution >= 0.6 is 0 Å². The van der Waals surface area contributed by atoms with Crippen LogP contribution in [0.1, 0.15) is 43.3 Å². The number of rotatable bonds is 7. The van der Waals surface area contributed by atoms with Crippen molar-refractivity contribution in [2.45, 2.75) is 46.7 Å². The number of aromatic nitrogens is 2. The van der Waals surface area contributed by atoms with E-state index in [1.807, 2.05) is 32.0 Å². The summed E-state index contributed by atoms with van der Waals surface area (Å²) in [6, 6.07) is 14.1. The first-order valence-corrected chi connectivity index (χ1v) is 9.44. The number of nitrogens with zero attached hydrogens (tertiary/aromatic N) is 2. The quantitative estimate of drug-likeness (QED) is 0.678. The predicted octanol–water partition coefficient (Wildman–Crippen LogP) is 4.32. The van der Waals surface area contributed by atoms with Crippen molar-refractivity contribution >= 4 is 16.9 Å². The van der Waals surface area contributed by atoms with Gasteiger partial charge in [0.2, 0.25) is 5.91 Å². The first-order chi connectivity index (χ1) is 13.0. The molecule has 0 spiro atoms. The third-order valence-corrected chi connectivity index (χ3v) is 4.69. The van der Waals surface area contributed by atoms with E-state index >= 15 is 0 Å². The van der Waals surface area contributed by atoms with E-state index < -0.39 is 0 Å². The van der Waals surface area contributed by atoms with Gasteiger partial charge in [-0.1, -0.05) is 31.2 Å². The summed E-state index contributed by atoms with van der Waals surface area (Å²) in [5, 5.41) is 3.01. The van der Waals surface area contributed by atoms with Gasteiger partial charge in [0.25, 0.3) is 0 Å². The SMILES string of the molecule is CCC(=O)NC(C)c1nc2ccccc2n1CCOc1cc(C)ccc1C. The van der Waals surface area contributed by atoms with Crippen molar-refractivity contribution < 1.29 is 9.53 Å². The number of amides is 1. The lowest BCUT2D eigenvalue weighted by atomic mass is 10.1. The Morgan fingerprint density at radius 2 is 2.00 bits per heavy atom. The minimum Gasteiger partial charge on any atom is -0.491 e. The molecule has 0 bridgehead atoms. The zero-order chi connectivity index (χ0) is 19.4. The van der Waals surface area contributed by atoms with E-state index in [4.69, 9.17) is 9.72 Å². The van der Waals surface area contributed by atoms with Crippen molar-refractivity contribution in [3.8, 4) is 5.75 Å². The third kappa shape index (κ3) is 4.30. The Hall–Kier alpha value is -2.82. The van der Waals surface area contributed by atoms with Crippen LogP contribution in [0.25, 0.3) is 11.0 Å². The Morgan fingerprint density at radius 3 is 2.78 bits per heavy atom. The van der Waals surface area contributed by atoms with E-state index in [2.05, 4.69) is 48.0 Å². The largest absolute Gasteiger partial charge is 0.491 e. The summed E-state index contributed by atoms with van der Waals surface area (Å²) in [6.07, 6.45) is 0.459. The second kappa shape index (κ2) is 8.25. The summed E-state index contributed by atoms with van der Waals surface area (Å²) < 4.78 is 8.18. The molecular formula is C22H27N3O2. The van der Waals surface area contributed by atoms with Crippen LogP contribution in [-0.4, -0.2) is 22.1 Å². The second-order valence-corrected chi connectivity index (χ2v) is 6.87. The number of ether oxygens (including phenoxy) is 1. The number of carbonyl (C=O) groups excluding carboxylic acids is 1. The molecule has 0 fully saturated rings. The fourth-order valence-electron chi connectivity index (χ4n) is 3.18. The van der Waals surface area contributed by atoms with E-state index in [-0.39, 0.29) is 11.9 Å². The Labute approximate surface area is 160 Å². The summed E-state index contributed by atoms with van der Waals surface area (Å²) in [7, 11) is 0. The number of carbonyl (C=O) groups is 1. The molecule has 5 nitrogen and oxygen atoms in total. The Balaban J connectivity index is 1.82. The maximum Gasteiger partial charge on any atom is 0.220 e. The first-order valence-electron chi connectivity index (χ1n) is 9.44. The summed E-state index contributed by atoms with van der Waals surface area (Å²) in [5.74, 6) is 1.78. The van der Waals surface area contributed by atoms with Gasteiger partial charge in [-0.15, -0.1) is 0 Å². The molecule has 0 aliphatic carbocycles. The van der Waals surface area contributed by atoms with Crippen molar-refractivity contribution in [1.82, 2.24) is 14.9 Å². The third-order valence-electron chi connectivity index (χ3n) is 4.69. The maximum absolute atomic E-state index is 11.8. The molecule has 1 N–H and O–H groups in total. The van der Waals surface area contributed by atoms with E-state index in [9.17, 15) is 4.79 Å². The van der Waals surface area contributed by atoms with Gasteiger partial charge in [0.05, 0.1) is 23.6 Å². The molecule has 1 unspecified atom stereocenters. The van der Waals surface area contributed by atoms with E-state index in [1.165, 1.54) is 5.56 Å². The molecule has 0 aliphatic rings. The lowest BCUT2D eigenvalue weighted by Crippen LogP contribution is -2.28. The molecule has 5 heteroatoms. The lowest BCUT2D eigenvalue weighted by Gasteiger charge is -2.17. The minimum absolute atomic E-state index is 0.0211. The molecule has 27 heavy (non-hydrogen) atoms. The number of benzene rings is 2. The fourth-order valence-corrected chi connectivity index (χ4v) is 3.18. The van der Waals surface area contributed by atoms with E-state index in [0.717, 1.165) is 28.2 Å². The minimum atomic E-state index is -0.162. The summed E-state index contributed by atoms with van der Waals surface area (Å²) in [4.78, 5) is 16.6. The van der Waals surface area contributed by atoms with E-state index in [0.29, 0.717) is 19.6 Å². The van der Waals surface area contributed by atoms with Crippen LogP contribution in [0.4, 0.5) is 0 Å². The highest BCUT2D eigenvalue weighted by atomic mass is 16.5. The van der Waals surface area contributed by atoms with Crippen molar-refractivity contribution in [3.63, 3.8) is 0 Å². The van der Waals surface area contributed by atoms with Crippen LogP contribution < -0.4 is 10.1 Å². The zero-order valence-electron chi connectivity index (χ0n) is 16.5. The molecule has 0 aliphatic heterocycles. The van der Waals surface area contributed by atoms with Gasteiger partial charge >= 0.3 is 0 Å². The van der Waals surface area contributed by atoms with Gasteiger partial charge in [-0.3, -0.25) is 4.79 Å². The predicted molar refractivity (Wildman–Crippen MR) is 108 cm³/mol. The first kappa shape index (κ1) is 19.0. The Kier molecular flexibility index (Phi) is 5.79. The van der Waals surface area contributed by atoms with Crippen LogP contribution in [0.3, 0.4) is 0 Å². The van der Waals surface area contributed by atoms with Gasteiger partial charge in [-0.2, -0.15) is 0 Å². The number of fused-ring (bicyclic) bond motifs is 1. The van der Waals surface area contributed by atoms with Crippen LogP contribution in [0.15, 0.2) is 42.5 Å². The topological polar surface area (TPSA) is 56.2 Å². The van der Waals surface area contributed by atoms with Crippen LogP contribution in [0.2, 0.25) is 0 Å². The van der Waals surface area contributed by atoms with Gasteiger partial charge < -0.3 is 14.6 Å². The van der Waals surface area contributed by atoms with Crippen LogP contribution in [0.5, 0.6) is 5.75 Å². The average Bonchev–Trinajstić information content (AvgIpc) is 3.03. The number of nitrogens with one attached hydrogen (secondary N) is 1. The number of para-hydroxylation sites is 2. The molecular weight excluding hydrogens is 338 g/mol. The molecule has 3 rings (SSSR count). The highest BCUT2D eigenvalue weighted by Gasteiger charge is 2.18. The number of hydrogen-bond donors (Lipinski definition) is 1. The number of imidazole rings is 1. The van der Waals surface area contributed by atoms with Crippen molar-refractivity contribution in [2.24, 2.45) is 0 Å². The molecule has 142 valence electrons. The smallest absolute Gasteiger partial charge is 0.220 e. The van der Waals surface area contributed by atoms with Crippen molar-refractivity contribution in [3.05, 3.63) is 59.4 Å². The normalized spacial score (nSPS) is 12.1. The highest BCUT2D eigenvalue weighted by molar-refractivity contribution is 5.77. The fraction of sp³-hybridized carbons (Fsp3) is 0.364. The molecule has 1 aromatic heterocycles. The molecule has 0 radical (unpaired) electrons. The molecule has 0 saturated carbocycles. The highest BCUT2D eigenvalue weighted by Crippen LogP contribution is 2.22. The van der Waals surface area contributed by atoms with Gasteiger partial charge in [0.1, 0.15) is 18.2 Å². The maximum atomic E-state index is 11.8. The van der Waals surface area contributed by atoms with Gasteiger partial charge in [0, 0.05) is 6.42 Å². The van der Waals surface area contributed by atoms with Gasteiger partial charge in [-0.25, -0.2) is 4.98 Å². The molecule has 1 amide bonds. The molecule has 0 saturated heterocycles. The molecule has 1 heterocycles. The molecule has 2 aromatic carbocycles.